The van der Waals surface area contributed by atoms with E-state index in [1.54, 1.807) is 6.20 Å². The van der Waals surface area contributed by atoms with Gasteiger partial charge in [0, 0.05) is 38.1 Å². The summed E-state index contributed by atoms with van der Waals surface area (Å²) in [4.78, 5) is 8.71. The molecule has 5 heteroatoms. The Morgan fingerprint density at radius 2 is 1.95 bits per heavy atom. The molecule has 0 unspecified atom stereocenters. The summed E-state index contributed by atoms with van der Waals surface area (Å²) < 4.78 is 0. The van der Waals surface area contributed by atoms with Gasteiger partial charge in [-0.1, -0.05) is 12.1 Å². The zero-order chi connectivity index (χ0) is 13.2. The van der Waals surface area contributed by atoms with Gasteiger partial charge in [-0.15, -0.1) is 0 Å². The van der Waals surface area contributed by atoms with Crippen LogP contribution in [0.15, 0.2) is 42.6 Å². The van der Waals surface area contributed by atoms with E-state index in [0.29, 0.717) is 5.82 Å². The highest BCUT2D eigenvalue weighted by Gasteiger charge is 2.21. The number of nitrogens with one attached hydrogen (secondary N) is 1. The number of para-hydroxylation sites is 2. The maximum atomic E-state index is 5.43. The highest BCUT2D eigenvalue weighted by atomic mass is 15.3. The molecule has 98 valence electrons. The van der Waals surface area contributed by atoms with Crippen LogP contribution in [-0.4, -0.2) is 25.1 Å². The third-order valence-corrected chi connectivity index (χ3v) is 3.45. The molecule has 0 saturated heterocycles. The molecule has 0 aliphatic carbocycles. The van der Waals surface area contributed by atoms with Crippen LogP contribution < -0.4 is 21.1 Å². The third-order valence-electron chi connectivity index (χ3n) is 3.45. The van der Waals surface area contributed by atoms with Gasteiger partial charge in [0.05, 0.1) is 11.4 Å². The minimum Gasteiger partial charge on any atom is -0.371 e. The molecule has 2 aromatic rings. The molecule has 0 bridgehead atoms. The molecular weight excluding hydrogens is 238 g/mol. The molecular formula is C14H17N5. The summed E-state index contributed by atoms with van der Waals surface area (Å²) in [5.41, 5.74) is 6.15. The molecule has 1 aliphatic rings. The molecule has 0 amide bonds. The van der Waals surface area contributed by atoms with Gasteiger partial charge >= 0.3 is 0 Å². The largest absolute Gasteiger partial charge is 0.371 e. The van der Waals surface area contributed by atoms with Crippen molar-refractivity contribution in [1.29, 1.82) is 0 Å². The van der Waals surface area contributed by atoms with Crippen LogP contribution in [0.5, 0.6) is 0 Å². The number of anilines is 4. The minimum atomic E-state index is 0.675. The van der Waals surface area contributed by atoms with Crippen LogP contribution in [0.1, 0.15) is 0 Å². The Hall–Kier alpha value is -2.27. The van der Waals surface area contributed by atoms with Crippen molar-refractivity contribution < 1.29 is 0 Å². The molecule has 0 saturated carbocycles. The van der Waals surface area contributed by atoms with E-state index in [-0.39, 0.29) is 0 Å². The van der Waals surface area contributed by atoms with E-state index in [1.807, 2.05) is 12.1 Å². The molecule has 0 atom stereocenters. The highest BCUT2D eigenvalue weighted by Crippen LogP contribution is 2.36. The van der Waals surface area contributed by atoms with Gasteiger partial charge in [-0.3, -0.25) is 0 Å². The Morgan fingerprint density at radius 3 is 2.74 bits per heavy atom. The van der Waals surface area contributed by atoms with E-state index < -0.39 is 0 Å². The fourth-order valence-corrected chi connectivity index (χ4v) is 2.44. The molecule has 0 radical (unpaired) electrons. The molecule has 3 rings (SSSR count). The summed E-state index contributed by atoms with van der Waals surface area (Å²) in [5.74, 6) is 6.10. The number of rotatable bonds is 2. The Balaban J connectivity index is 2.04. The molecule has 1 aromatic carbocycles. The van der Waals surface area contributed by atoms with Crippen LogP contribution in [0, 0.1) is 0 Å². The molecule has 0 spiro atoms. The number of pyridine rings is 1. The van der Waals surface area contributed by atoms with E-state index in [4.69, 9.17) is 5.84 Å². The average molecular weight is 255 g/mol. The van der Waals surface area contributed by atoms with Gasteiger partial charge in [0.25, 0.3) is 0 Å². The summed E-state index contributed by atoms with van der Waals surface area (Å²) in [6.45, 7) is 1.94. The number of hydrazine groups is 1. The van der Waals surface area contributed by atoms with Crippen LogP contribution in [0.3, 0.4) is 0 Å². The van der Waals surface area contributed by atoms with Crippen molar-refractivity contribution in [2.45, 2.75) is 0 Å². The monoisotopic (exact) mass is 255 g/mol. The zero-order valence-corrected chi connectivity index (χ0v) is 10.9. The smallest absolute Gasteiger partial charge is 0.141 e. The fourth-order valence-electron chi connectivity index (χ4n) is 2.44. The van der Waals surface area contributed by atoms with Gasteiger partial charge in [0.1, 0.15) is 5.82 Å². The van der Waals surface area contributed by atoms with Crippen LogP contribution in [0.25, 0.3) is 0 Å². The van der Waals surface area contributed by atoms with Crippen molar-refractivity contribution in [1.82, 2.24) is 4.98 Å². The Morgan fingerprint density at radius 1 is 1.16 bits per heavy atom. The standard InChI is InChI=1S/C14H17N5/c1-18-8-9-19(13-5-3-2-4-12(13)18)11-6-7-16-14(10-11)17-15/h2-7,10H,8-9,15H2,1H3,(H,16,17). The van der Waals surface area contributed by atoms with Gasteiger partial charge in [-0.25, -0.2) is 10.8 Å². The Kier molecular flexibility index (Phi) is 2.97. The SMILES string of the molecule is CN1CCN(c2ccnc(NN)c2)c2ccccc21. The summed E-state index contributed by atoms with van der Waals surface area (Å²) >= 11 is 0. The molecule has 19 heavy (non-hydrogen) atoms. The lowest BCUT2D eigenvalue weighted by Gasteiger charge is -2.37. The topological polar surface area (TPSA) is 57.4 Å². The third kappa shape index (κ3) is 2.08. The normalized spacial score (nSPS) is 14.2. The molecule has 2 heterocycles. The predicted molar refractivity (Wildman–Crippen MR) is 78.8 cm³/mol. The lowest BCUT2D eigenvalue weighted by molar-refractivity contribution is 0.821. The minimum absolute atomic E-state index is 0.675. The number of likely N-dealkylation sites (N-methyl/N-ethyl adjacent to an activating group) is 1. The van der Waals surface area contributed by atoms with Crippen LogP contribution in [0.2, 0.25) is 0 Å². The summed E-state index contributed by atoms with van der Waals surface area (Å²) in [6.07, 6.45) is 1.77. The van der Waals surface area contributed by atoms with Crippen LogP contribution in [-0.2, 0) is 0 Å². The van der Waals surface area contributed by atoms with Gasteiger partial charge in [-0.2, -0.15) is 0 Å². The lowest BCUT2D eigenvalue weighted by atomic mass is 10.1. The second-order valence-corrected chi connectivity index (χ2v) is 4.61. The van der Waals surface area contributed by atoms with Gasteiger partial charge in [-0.05, 0) is 18.2 Å². The number of fused-ring (bicyclic) bond motifs is 1. The number of hydrogen-bond acceptors (Lipinski definition) is 5. The van der Waals surface area contributed by atoms with E-state index >= 15 is 0 Å². The maximum Gasteiger partial charge on any atom is 0.141 e. The summed E-state index contributed by atoms with van der Waals surface area (Å²) in [7, 11) is 2.12. The van der Waals surface area contributed by atoms with E-state index in [0.717, 1.165) is 18.8 Å². The first-order valence-electron chi connectivity index (χ1n) is 6.30. The summed E-state index contributed by atoms with van der Waals surface area (Å²) in [5, 5.41) is 0. The van der Waals surface area contributed by atoms with Gasteiger partial charge in [0.2, 0.25) is 0 Å². The Bertz CT molecular complexity index is 584. The number of benzene rings is 1. The highest BCUT2D eigenvalue weighted by molar-refractivity contribution is 5.79. The second kappa shape index (κ2) is 4.78. The van der Waals surface area contributed by atoms with Crippen molar-refractivity contribution in [3.05, 3.63) is 42.6 Å². The van der Waals surface area contributed by atoms with Crippen molar-refractivity contribution in [3.8, 4) is 0 Å². The van der Waals surface area contributed by atoms with E-state index in [9.17, 15) is 0 Å². The number of hydrogen-bond donors (Lipinski definition) is 2. The van der Waals surface area contributed by atoms with E-state index in [2.05, 4.69) is 51.5 Å². The average Bonchev–Trinajstić information content (AvgIpc) is 2.48. The molecule has 0 fully saturated rings. The van der Waals surface area contributed by atoms with Crippen molar-refractivity contribution in [2.75, 3.05) is 35.4 Å². The predicted octanol–water partition coefficient (Wildman–Crippen LogP) is 1.96. The van der Waals surface area contributed by atoms with Gasteiger partial charge in [0.15, 0.2) is 0 Å². The first-order valence-corrected chi connectivity index (χ1v) is 6.30. The Labute approximate surface area is 112 Å². The number of nitrogen functional groups attached to an aromatic ring is 1. The van der Waals surface area contributed by atoms with Crippen LogP contribution in [0.4, 0.5) is 22.9 Å². The van der Waals surface area contributed by atoms with E-state index in [1.165, 1.54) is 11.4 Å². The molecule has 1 aromatic heterocycles. The van der Waals surface area contributed by atoms with Crippen LogP contribution >= 0.6 is 0 Å². The lowest BCUT2D eigenvalue weighted by Crippen LogP contribution is -2.36. The first kappa shape index (κ1) is 11.8. The quantitative estimate of drug-likeness (QED) is 0.634. The zero-order valence-electron chi connectivity index (χ0n) is 10.9. The van der Waals surface area contributed by atoms with Gasteiger partial charge < -0.3 is 15.2 Å². The first-order chi connectivity index (χ1) is 9.29. The van der Waals surface area contributed by atoms with Crippen molar-refractivity contribution >= 4 is 22.9 Å². The molecule has 5 nitrogen and oxygen atoms in total. The molecule has 1 aliphatic heterocycles. The molecule has 3 N–H and O–H groups in total. The number of aromatic nitrogens is 1. The fraction of sp³-hybridized carbons (Fsp3) is 0.214. The number of nitrogens with zero attached hydrogens (tertiary/aromatic N) is 3. The van der Waals surface area contributed by atoms with Crippen molar-refractivity contribution in [2.24, 2.45) is 5.84 Å². The summed E-state index contributed by atoms with van der Waals surface area (Å²) in [6, 6.07) is 12.4. The van der Waals surface area contributed by atoms with Crippen molar-refractivity contribution in [3.63, 3.8) is 0 Å². The number of nitrogens with two attached hydrogens (primary N) is 1. The maximum absolute atomic E-state index is 5.43. The second-order valence-electron chi connectivity index (χ2n) is 4.61.